The maximum absolute atomic E-state index is 12.1. The second-order valence-electron chi connectivity index (χ2n) is 7.49. The molecule has 29 heavy (non-hydrogen) atoms. The first-order chi connectivity index (χ1) is 14.1. The number of hydrogen-bond acceptors (Lipinski definition) is 3. The Labute approximate surface area is 176 Å². The number of halogens is 1. The molecule has 3 rings (SSSR count). The van der Waals surface area contributed by atoms with Crippen LogP contribution in [0.1, 0.15) is 41.6 Å². The van der Waals surface area contributed by atoms with E-state index < -0.39 is 0 Å². The van der Waals surface area contributed by atoms with Gasteiger partial charge in [0.2, 0.25) is 0 Å². The van der Waals surface area contributed by atoms with Crippen LogP contribution in [0.5, 0.6) is 0 Å². The van der Waals surface area contributed by atoms with E-state index in [9.17, 15) is 9.59 Å². The van der Waals surface area contributed by atoms with Crippen molar-refractivity contribution in [3.8, 4) is 0 Å². The van der Waals surface area contributed by atoms with Crippen molar-refractivity contribution in [2.45, 2.75) is 32.2 Å². The molecular formula is C22H27ClN4O2. The zero-order valence-electron chi connectivity index (χ0n) is 16.4. The Hall–Kier alpha value is -2.60. The lowest BCUT2D eigenvalue weighted by Crippen LogP contribution is -2.39. The van der Waals surface area contributed by atoms with Crippen LogP contribution in [0, 0.1) is 11.8 Å². The van der Waals surface area contributed by atoms with Crippen LogP contribution in [0.2, 0.25) is 5.02 Å². The van der Waals surface area contributed by atoms with Gasteiger partial charge in [-0.3, -0.25) is 9.78 Å². The van der Waals surface area contributed by atoms with Gasteiger partial charge in [-0.2, -0.15) is 0 Å². The third kappa shape index (κ3) is 6.75. The van der Waals surface area contributed by atoms with Gasteiger partial charge < -0.3 is 16.0 Å². The first-order valence-electron chi connectivity index (χ1n) is 10.0. The number of urea groups is 1. The van der Waals surface area contributed by atoms with Crippen molar-refractivity contribution in [1.29, 1.82) is 0 Å². The number of benzene rings is 1. The van der Waals surface area contributed by atoms with Gasteiger partial charge in [-0.1, -0.05) is 29.8 Å². The van der Waals surface area contributed by atoms with E-state index in [1.165, 1.54) is 0 Å². The number of nitrogens with zero attached hydrogens (tertiary/aromatic N) is 1. The van der Waals surface area contributed by atoms with Crippen molar-refractivity contribution in [2.75, 3.05) is 13.1 Å². The fourth-order valence-electron chi connectivity index (χ4n) is 3.60. The average molecular weight is 415 g/mol. The van der Waals surface area contributed by atoms with Crippen LogP contribution >= 0.6 is 11.6 Å². The summed E-state index contributed by atoms with van der Waals surface area (Å²) in [5.74, 6) is 0.922. The second-order valence-corrected chi connectivity index (χ2v) is 7.89. The molecule has 0 spiro atoms. The minimum absolute atomic E-state index is 0.0496. The van der Waals surface area contributed by atoms with Gasteiger partial charge in [0.05, 0.1) is 0 Å². The molecule has 7 heteroatoms. The third-order valence-electron chi connectivity index (χ3n) is 5.41. The Kier molecular flexibility index (Phi) is 7.87. The summed E-state index contributed by atoms with van der Waals surface area (Å²) in [4.78, 5) is 28.1. The zero-order valence-corrected chi connectivity index (χ0v) is 17.1. The number of nitrogens with one attached hydrogen (secondary N) is 3. The predicted molar refractivity (Wildman–Crippen MR) is 114 cm³/mol. The molecule has 0 bridgehead atoms. The first kappa shape index (κ1) is 21.1. The van der Waals surface area contributed by atoms with Crippen LogP contribution in [0.4, 0.5) is 4.79 Å². The minimum atomic E-state index is -0.170. The quantitative estimate of drug-likeness (QED) is 0.644. The van der Waals surface area contributed by atoms with E-state index in [2.05, 4.69) is 20.9 Å². The molecule has 2 aromatic rings. The molecule has 1 aromatic carbocycles. The summed E-state index contributed by atoms with van der Waals surface area (Å²) < 4.78 is 0. The standard InChI is InChI=1S/C22H27ClN4O2/c23-20-4-2-1-3-19(20)15-27-22(29)26-14-17-7-5-16(6-8-17)13-25-21(28)18-9-11-24-12-10-18/h1-4,9-12,16-17H,5-8,13-15H2,(H,25,28)(H2,26,27,29). The predicted octanol–water partition coefficient (Wildman–Crippen LogP) is 3.77. The first-order valence-corrected chi connectivity index (χ1v) is 10.4. The second kappa shape index (κ2) is 10.8. The summed E-state index contributed by atoms with van der Waals surface area (Å²) in [5.41, 5.74) is 1.54. The molecule has 0 unspecified atom stereocenters. The Balaban J connectivity index is 1.30. The Bertz CT molecular complexity index is 807. The van der Waals surface area contributed by atoms with Crippen molar-refractivity contribution < 1.29 is 9.59 Å². The fraction of sp³-hybridized carbons (Fsp3) is 0.409. The topological polar surface area (TPSA) is 83.1 Å². The molecule has 0 atom stereocenters. The molecule has 0 saturated heterocycles. The van der Waals surface area contributed by atoms with Crippen molar-refractivity contribution in [1.82, 2.24) is 20.9 Å². The molecule has 1 fully saturated rings. The van der Waals surface area contributed by atoms with E-state index in [-0.39, 0.29) is 11.9 Å². The van der Waals surface area contributed by atoms with Crippen LogP contribution in [0.3, 0.4) is 0 Å². The van der Waals surface area contributed by atoms with E-state index in [1.807, 2.05) is 24.3 Å². The molecule has 154 valence electrons. The zero-order chi connectivity index (χ0) is 20.5. The highest BCUT2D eigenvalue weighted by atomic mass is 35.5. The average Bonchev–Trinajstić information content (AvgIpc) is 2.77. The van der Waals surface area contributed by atoms with E-state index in [4.69, 9.17) is 11.6 Å². The molecule has 1 heterocycles. The molecule has 0 radical (unpaired) electrons. The Morgan fingerprint density at radius 1 is 0.897 bits per heavy atom. The van der Waals surface area contributed by atoms with Gasteiger partial charge in [-0.15, -0.1) is 0 Å². The normalized spacial score (nSPS) is 18.7. The lowest BCUT2D eigenvalue weighted by molar-refractivity contribution is 0.0941. The van der Waals surface area contributed by atoms with Gasteiger partial charge in [0.1, 0.15) is 0 Å². The highest BCUT2D eigenvalue weighted by Gasteiger charge is 2.22. The maximum Gasteiger partial charge on any atom is 0.315 e. The molecule has 1 aliphatic carbocycles. The number of hydrogen-bond donors (Lipinski definition) is 3. The number of aromatic nitrogens is 1. The molecule has 6 nitrogen and oxygen atoms in total. The van der Waals surface area contributed by atoms with E-state index in [0.717, 1.165) is 31.2 Å². The van der Waals surface area contributed by atoms with Crippen LogP contribution in [0.25, 0.3) is 0 Å². The number of pyridine rings is 1. The van der Waals surface area contributed by atoms with Crippen LogP contribution in [-0.2, 0) is 6.54 Å². The smallest absolute Gasteiger partial charge is 0.315 e. The number of carbonyl (C=O) groups excluding carboxylic acids is 2. The SMILES string of the molecule is O=C(NCc1ccccc1Cl)NCC1CCC(CNC(=O)c2ccncc2)CC1. The molecular weight excluding hydrogens is 388 g/mol. The van der Waals surface area contributed by atoms with Gasteiger partial charge in [0.15, 0.2) is 0 Å². The van der Waals surface area contributed by atoms with Crippen molar-refractivity contribution in [3.05, 3.63) is 64.9 Å². The number of amides is 3. The van der Waals surface area contributed by atoms with Gasteiger partial charge in [-0.25, -0.2) is 4.79 Å². The van der Waals surface area contributed by atoms with Gasteiger partial charge >= 0.3 is 6.03 Å². The van der Waals surface area contributed by atoms with E-state index >= 15 is 0 Å². The largest absolute Gasteiger partial charge is 0.352 e. The third-order valence-corrected chi connectivity index (χ3v) is 5.78. The summed E-state index contributed by atoms with van der Waals surface area (Å²) in [6, 6.07) is 10.7. The number of rotatable bonds is 7. The van der Waals surface area contributed by atoms with Crippen LogP contribution in [-0.4, -0.2) is 30.0 Å². The summed E-state index contributed by atoms with van der Waals surface area (Å²) in [6.45, 7) is 1.78. The minimum Gasteiger partial charge on any atom is -0.352 e. The van der Waals surface area contributed by atoms with Gasteiger partial charge in [0.25, 0.3) is 5.91 Å². The molecule has 1 aliphatic rings. The van der Waals surface area contributed by atoms with Crippen LogP contribution < -0.4 is 16.0 Å². The summed E-state index contributed by atoms with van der Waals surface area (Å²) in [5, 5.41) is 9.48. The lowest BCUT2D eigenvalue weighted by Gasteiger charge is -2.28. The van der Waals surface area contributed by atoms with Crippen molar-refractivity contribution in [2.24, 2.45) is 11.8 Å². The maximum atomic E-state index is 12.1. The monoisotopic (exact) mass is 414 g/mol. The van der Waals surface area contributed by atoms with Gasteiger partial charge in [0, 0.05) is 42.6 Å². The van der Waals surface area contributed by atoms with Crippen LogP contribution in [0.15, 0.2) is 48.8 Å². The van der Waals surface area contributed by atoms with Crippen molar-refractivity contribution >= 4 is 23.5 Å². The van der Waals surface area contributed by atoms with Crippen molar-refractivity contribution in [3.63, 3.8) is 0 Å². The highest BCUT2D eigenvalue weighted by molar-refractivity contribution is 6.31. The summed E-state index contributed by atoms with van der Waals surface area (Å²) in [7, 11) is 0. The lowest BCUT2D eigenvalue weighted by atomic mass is 9.82. The number of carbonyl (C=O) groups is 2. The summed E-state index contributed by atoms with van der Waals surface area (Å²) in [6.07, 6.45) is 7.48. The molecule has 0 aliphatic heterocycles. The molecule has 1 saturated carbocycles. The Morgan fingerprint density at radius 3 is 2.17 bits per heavy atom. The highest BCUT2D eigenvalue weighted by Crippen LogP contribution is 2.28. The Morgan fingerprint density at radius 2 is 1.52 bits per heavy atom. The molecule has 3 amide bonds. The summed E-state index contributed by atoms with van der Waals surface area (Å²) >= 11 is 6.10. The van der Waals surface area contributed by atoms with E-state index in [0.29, 0.717) is 42.1 Å². The van der Waals surface area contributed by atoms with E-state index in [1.54, 1.807) is 24.5 Å². The fourth-order valence-corrected chi connectivity index (χ4v) is 3.80. The van der Waals surface area contributed by atoms with Gasteiger partial charge in [-0.05, 0) is 61.3 Å². The molecule has 1 aromatic heterocycles. The molecule has 3 N–H and O–H groups in total.